The zero-order chi connectivity index (χ0) is 17.1. The van der Waals surface area contributed by atoms with Gasteiger partial charge in [0.15, 0.2) is 7.14 Å². The molecule has 1 aromatic heterocycles. The summed E-state index contributed by atoms with van der Waals surface area (Å²) in [6.07, 6.45) is 0. The summed E-state index contributed by atoms with van der Waals surface area (Å²) in [4.78, 5) is 1.14. The Bertz CT molecular complexity index is 965. The highest BCUT2D eigenvalue weighted by atomic mass is 32.1. The van der Waals surface area contributed by atoms with Crippen molar-refractivity contribution < 1.29 is 4.57 Å². The van der Waals surface area contributed by atoms with Gasteiger partial charge in [-0.25, -0.2) is 0 Å². The monoisotopic (exact) mass is 360 g/mol. The van der Waals surface area contributed by atoms with Crippen LogP contribution in [-0.4, -0.2) is 0 Å². The van der Waals surface area contributed by atoms with E-state index in [4.69, 9.17) is 0 Å². The van der Waals surface area contributed by atoms with Gasteiger partial charge < -0.3 is 4.57 Å². The third-order valence-corrected chi connectivity index (χ3v) is 8.29. The molecule has 4 rings (SSSR count). The Balaban J connectivity index is 2.03. The highest BCUT2D eigenvalue weighted by molar-refractivity contribution is 7.85. The molecule has 3 heteroatoms. The summed E-state index contributed by atoms with van der Waals surface area (Å²) in [7, 11) is -2.95. The Hall–Kier alpha value is -2.41. The number of hydrogen-bond donors (Lipinski definition) is 0. The maximum atomic E-state index is 14.5. The second-order valence-corrected chi connectivity index (χ2v) is 9.46. The van der Waals surface area contributed by atoms with Crippen molar-refractivity contribution in [3.05, 3.63) is 102 Å². The van der Waals surface area contributed by atoms with E-state index in [0.29, 0.717) is 0 Å². The van der Waals surface area contributed by atoms with Gasteiger partial charge in [-0.3, -0.25) is 0 Å². The molecule has 0 fully saturated rings. The molecule has 0 radical (unpaired) electrons. The molecular weight excluding hydrogens is 343 g/mol. The van der Waals surface area contributed by atoms with E-state index in [0.717, 1.165) is 26.4 Å². The highest BCUT2D eigenvalue weighted by Crippen LogP contribution is 2.45. The van der Waals surface area contributed by atoms with Crippen LogP contribution in [0.4, 0.5) is 0 Å². The van der Waals surface area contributed by atoms with Gasteiger partial charge >= 0.3 is 0 Å². The van der Waals surface area contributed by atoms with Gasteiger partial charge in [0.05, 0.1) is 0 Å². The largest absolute Gasteiger partial charge is 0.309 e. The maximum Gasteiger partial charge on any atom is 0.171 e. The van der Waals surface area contributed by atoms with Crippen molar-refractivity contribution in [3.63, 3.8) is 0 Å². The lowest BCUT2D eigenvalue weighted by atomic mass is 10.2. The molecule has 0 amide bonds. The van der Waals surface area contributed by atoms with Crippen molar-refractivity contribution in [1.82, 2.24) is 0 Å². The average Bonchev–Trinajstić information content (AvgIpc) is 3.23. The van der Waals surface area contributed by atoms with E-state index in [2.05, 4.69) is 17.5 Å². The van der Waals surface area contributed by atoms with E-state index in [1.54, 1.807) is 11.3 Å². The first-order valence-corrected chi connectivity index (χ1v) is 10.7. The summed E-state index contributed by atoms with van der Waals surface area (Å²) in [6.45, 7) is 0. The fourth-order valence-electron chi connectivity index (χ4n) is 3.09. The molecule has 0 unspecified atom stereocenters. The molecule has 3 aromatic carbocycles. The number of thiophene rings is 1. The van der Waals surface area contributed by atoms with Crippen LogP contribution < -0.4 is 15.9 Å². The summed E-state index contributed by atoms with van der Waals surface area (Å²) in [5.41, 5.74) is 1.05. The Morgan fingerprint density at radius 1 is 0.600 bits per heavy atom. The van der Waals surface area contributed by atoms with Gasteiger partial charge in [-0.1, -0.05) is 91.0 Å². The molecule has 0 saturated heterocycles. The quantitative estimate of drug-likeness (QED) is 0.465. The summed E-state index contributed by atoms with van der Waals surface area (Å²) < 4.78 is 14.5. The summed E-state index contributed by atoms with van der Waals surface area (Å²) in [5.74, 6) is 0. The van der Waals surface area contributed by atoms with Gasteiger partial charge in [-0.05, 0) is 11.4 Å². The standard InChI is InChI=1S/C22H17OPS/c23-24(18-10-3-1-4-11-18,19-12-5-2-6-13-19)21-15-8-7-14-20(21)22-16-9-17-25-22/h1-17H. The molecule has 0 atom stereocenters. The van der Waals surface area contributed by atoms with Gasteiger partial charge in [0, 0.05) is 26.4 Å². The zero-order valence-corrected chi connectivity index (χ0v) is 15.3. The Morgan fingerprint density at radius 2 is 1.16 bits per heavy atom. The van der Waals surface area contributed by atoms with Crippen LogP contribution in [0.15, 0.2) is 102 Å². The molecule has 0 saturated carbocycles. The van der Waals surface area contributed by atoms with Crippen LogP contribution in [0.2, 0.25) is 0 Å². The first-order chi connectivity index (χ1) is 12.3. The van der Waals surface area contributed by atoms with Crippen LogP contribution in [0, 0.1) is 0 Å². The van der Waals surface area contributed by atoms with Crippen LogP contribution in [0.5, 0.6) is 0 Å². The fraction of sp³-hybridized carbons (Fsp3) is 0. The second kappa shape index (κ2) is 6.84. The summed E-state index contributed by atoms with van der Waals surface area (Å²) >= 11 is 1.68. The predicted molar refractivity (Wildman–Crippen MR) is 109 cm³/mol. The normalized spacial score (nSPS) is 11.4. The number of rotatable bonds is 4. The lowest BCUT2D eigenvalue weighted by molar-refractivity contribution is 0.592. The molecule has 122 valence electrons. The van der Waals surface area contributed by atoms with Crippen molar-refractivity contribution >= 4 is 34.4 Å². The van der Waals surface area contributed by atoms with E-state index >= 15 is 0 Å². The SMILES string of the molecule is O=P(c1ccccc1)(c1ccccc1)c1ccccc1-c1cccs1. The summed E-state index contributed by atoms with van der Waals surface area (Å²) in [5, 5.41) is 4.69. The maximum absolute atomic E-state index is 14.5. The molecule has 0 aliphatic rings. The predicted octanol–water partition coefficient (Wildman–Crippen LogP) is 5.05. The third-order valence-electron chi connectivity index (χ3n) is 4.27. The van der Waals surface area contributed by atoms with Gasteiger partial charge in [-0.15, -0.1) is 11.3 Å². The van der Waals surface area contributed by atoms with E-state index in [9.17, 15) is 4.57 Å². The minimum Gasteiger partial charge on any atom is -0.309 e. The smallest absolute Gasteiger partial charge is 0.171 e. The Morgan fingerprint density at radius 3 is 1.72 bits per heavy atom. The first-order valence-electron chi connectivity index (χ1n) is 8.15. The minimum absolute atomic E-state index is 0.866. The Labute approximate surface area is 152 Å². The molecule has 4 aromatic rings. The molecule has 25 heavy (non-hydrogen) atoms. The van der Waals surface area contributed by atoms with Crippen molar-refractivity contribution in [2.24, 2.45) is 0 Å². The fourth-order valence-corrected chi connectivity index (χ4v) is 6.80. The van der Waals surface area contributed by atoms with Crippen LogP contribution in [-0.2, 0) is 4.57 Å². The minimum atomic E-state index is -2.95. The first kappa shape index (κ1) is 16.1. The average molecular weight is 360 g/mol. The van der Waals surface area contributed by atoms with Crippen LogP contribution in [0.1, 0.15) is 0 Å². The molecule has 0 spiro atoms. The van der Waals surface area contributed by atoms with E-state index in [1.807, 2.05) is 84.9 Å². The van der Waals surface area contributed by atoms with Gasteiger partial charge in [0.25, 0.3) is 0 Å². The van der Waals surface area contributed by atoms with Gasteiger partial charge in [0.1, 0.15) is 0 Å². The van der Waals surface area contributed by atoms with Crippen molar-refractivity contribution in [3.8, 4) is 10.4 Å². The van der Waals surface area contributed by atoms with E-state index in [-0.39, 0.29) is 0 Å². The molecule has 0 aliphatic carbocycles. The van der Waals surface area contributed by atoms with E-state index < -0.39 is 7.14 Å². The lowest BCUT2D eigenvalue weighted by Gasteiger charge is -2.22. The molecule has 0 N–H and O–H groups in total. The molecule has 1 nitrogen and oxygen atoms in total. The van der Waals surface area contributed by atoms with Gasteiger partial charge in [-0.2, -0.15) is 0 Å². The van der Waals surface area contributed by atoms with Crippen LogP contribution in [0.3, 0.4) is 0 Å². The van der Waals surface area contributed by atoms with E-state index in [1.165, 1.54) is 0 Å². The lowest BCUT2D eigenvalue weighted by Crippen LogP contribution is -2.26. The zero-order valence-electron chi connectivity index (χ0n) is 13.6. The second-order valence-electron chi connectivity index (χ2n) is 5.77. The molecule has 0 bridgehead atoms. The van der Waals surface area contributed by atoms with Crippen molar-refractivity contribution in [1.29, 1.82) is 0 Å². The Kier molecular flexibility index (Phi) is 4.40. The van der Waals surface area contributed by atoms with Crippen LogP contribution >= 0.6 is 18.5 Å². The summed E-state index contributed by atoms with van der Waals surface area (Å²) in [6, 6.07) is 31.8. The molecule has 1 heterocycles. The number of benzene rings is 3. The highest BCUT2D eigenvalue weighted by Gasteiger charge is 2.31. The van der Waals surface area contributed by atoms with Crippen molar-refractivity contribution in [2.45, 2.75) is 0 Å². The third kappa shape index (κ3) is 2.89. The molecular formula is C22H17OPS. The van der Waals surface area contributed by atoms with Crippen LogP contribution in [0.25, 0.3) is 10.4 Å². The topological polar surface area (TPSA) is 17.1 Å². The van der Waals surface area contributed by atoms with Crippen molar-refractivity contribution in [2.75, 3.05) is 0 Å². The molecule has 0 aliphatic heterocycles. The van der Waals surface area contributed by atoms with Gasteiger partial charge in [0.2, 0.25) is 0 Å². The number of hydrogen-bond acceptors (Lipinski definition) is 2.